The summed E-state index contributed by atoms with van der Waals surface area (Å²) in [7, 11) is 0. The summed E-state index contributed by atoms with van der Waals surface area (Å²) in [5.74, 6) is -1.28. The number of hydrogen-bond acceptors (Lipinski definition) is 4. The molecule has 0 bridgehead atoms. The maximum absolute atomic E-state index is 11.2. The van der Waals surface area contributed by atoms with Crippen LogP contribution in [0.25, 0.3) is 0 Å². The number of nitrogens with zero attached hydrogens (tertiary/aromatic N) is 2. The predicted molar refractivity (Wildman–Crippen MR) is 45.3 cm³/mol. The number of nitrogens with two attached hydrogens (primary N) is 1. The van der Waals surface area contributed by atoms with E-state index in [1.807, 2.05) is 0 Å². The Morgan fingerprint density at radius 2 is 2.38 bits per heavy atom. The van der Waals surface area contributed by atoms with Crippen molar-refractivity contribution in [2.75, 3.05) is 5.73 Å². The van der Waals surface area contributed by atoms with Gasteiger partial charge in [-0.25, -0.2) is 4.98 Å². The fourth-order valence-electron chi connectivity index (χ4n) is 0.918. The van der Waals surface area contributed by atoms with Gasteiger partial charge >= 0.3 is 5.97 Å². The predicted octanol–water partition coefficient (Wildman–Crippen LogP) is -0.781. The first-order valence-corrected chi connectivity index (χ1v) is 3.56. The summed E-state index contributed by atoms with van der Waals surface area (Å²) in [4.78, 5) is 25.2. The maximum Gasteiger partial charge on any atom is 0.323 e. The van der Waals surface area contributed by atoms with Crippen LogP contribution in [-0.4, -0.2) is 20.6 Å². The molecule has 13 heavy (non-hydrogen) atoms. The maximum atomic E-state index is 11.2. The number of nitrogen functional groups attached to an aromatic ring is 1. The van der Waals surface area contributed by atoms with Crippen molar-refractivity contribution in [2.45, 2.75) is 13.5 Å². The van der Waals surface area contributed by atoms with Crippen LogP contribution in [0.1, 0.15) is 5.69 Å². The van der Waals surface area contributed by atoms with Crippen molar-refractivity contribution < 1.29 is 9.90 Å². The molecule has 0 radical (unpaired) electrons. The first-order valence-electron chi connectivity index (χ1n) is 3.56. The van der Waals surface area contributed by atoms with Gasteiger partial charge in [0.2, 0.25) is 0 Å². The SMILES string of the molecule is Cc1cnc(N)c(=O)n1CC(=O)O. The van der Waals surface area contributed by atoms with Gasteiger partial charge in [-0.1, -0.05) is 0 Å². The molecule has 0 atom stereocenters. The number of carbonyl (C=O) groups is 1. The monoisotopic (exact) mass is 183 g/mol. The van der Waals surface area contributed by atoms with E-state index in [1.165, 1.54) is 6.20 Å². The molecule has 1 aromatic rings. The van der Waals surface area contributed by atoms with E-state index in [0.29, 0.717) is 5.69 Å². The van der Waals surface area contributed by atoms with Gasteiger partial charge in [-0.15, -0.1) is 0 Å². The molecular formula is C7H9N3O3. The van der Waals surface area contributed by atoms with Crippen LogP contribution in [0.3, 0.4) is 0 Å². The third-order valence-electron chi connectivity index (χ3n) is 1.57. The number of hydrogen-bond donors (Lipinski definition) is 2. The molecule has 0 fully saturated rings. The fourth-order valence-corrected chi connectivity index (χ4v) is 0.918. The quantitative estimate of drug-likeness (QED) is 0.626. The van der Waals surface area contributed by atoms with E-state index in [2.05, 4.69) is 4.98 Å². The van der Waals surface area contributed by atoms with Crippen molar-refractivity contribution in [3.05, 3.63) is 22.2 Å². The second-order valence-corrected chi connectivity index (χ2v) is 2.57. The van der Waals surface area contributed by atoms with Crippen LogP contribution in [-0.2, 0) is 11.3 Å². The zero-order chi connectivity index (χ0) is 10.0. The van der Waals surface area contributed by atoms with E-state index in [9.17, 15) is 9.59 Å². The first kappa shape index (κ1) is 9.24. The van der Waals surface area contributed by atoms with Crippen LogP contribution in [0, 0.1) is 6.92 Å². The van der Waals surface area contributed by atoms with Gasteiger partial charge in [0.05, 0.1) is 0 Å². The number of aromatic nitrogens is 2. The Balaban J connectivity index is 3.26. The molecule has 0 aliphatic rings. The molecule has 0 saturated heterocycles. The number of aliphatic carboxylic acids is 1. The van der Waals surface area contributed by atoms with E-state index in [0.717, 1.165) is 4.57 Å². The molecule has 70 valence electrons. The molecule has 3 N–H and O–H groups in total. The Bertz CT molecular complexity index is 396. The molecule has 0 aliphatic carbocycles. The van der Waals surface area contributed by atoms with E-state index < -0.39 is 18.1 Å². The van der Waals surface area contributed by atoms with Crippen molar-refractivity contribution in [2.24, 2.45) is 0 Å². The third kappa shape index (κ3) is 1.84. The van der Waals surface area contributed by atoms with Crippen molar-refractivity contribution >= 4 is 11.8 Å². The summed E-state index contributed by atoms with van der Waals surface area (Å²) < 4.78 is 1.06. The van der Waals surface area contributed by atoms with Crippen molar-refractivity contribution in [1.29, 1.82) is 0 Å². The van der Waals surface area contributed by atoms with E-state index in [4.69, 9.17) is 10.8 Å². The lowest BCUT2D eigenvalue weighted by atomic mass is 10.4. The summed E-state index contributed by atoms with van der Waals surface area (Å²) in [5, 5.41) is 8.49. The van der Waals surface area contributed by atoms with Crippen molar-refractivity contribution in [3.63, 3.8) is 0 Å². The Kier molecular flexibility index (Phi) is 2.32. The average Bonchev–Trinajstić information content (AvgIpc) is 2.05. The van der Waals surface area contributed by atoms with Gasteiger partial charge < -0.3 is 10.8 Å². The highest BCUT2D eigenvalue weighted by Crippen LogP contribution is 1.94. The standard InChI is InChI=1S/C7H9N3O3/c1-4-2-9-6(8)7(13)10(4)3-5(11)12/h2H,3H2,1H3,(H2,8,9)(H,11,12). The normalized spacial score (nSPS) is 9.92. The highest BCUT2D eigenvalue weighted by molar-refractivity contribution is 5.66. The molecular weight excluding hydrogens is 174 g/mol. The Hall–Kier alpha value is -1.85. The molecule has 0 unspecified atom stereocenters. The minimum Gasteiger partial charge on any atom is -0.480 e. The number of anilines is 1. The lowest BCUT2D eigenvalue weighted by Crippen LogP contribution is -2.28. The first-order chi connectivity index (χ1) is 6.02. The van der Waals surface area contributed by atoms with E-state index in [-0.39, 0.29) is 5.82 Å². The van der Waals surface area contributed by atoms with Gasteiger partial charge in [0.25, 0.3) is 5.56 Å². The van der Waals surface area contributed by atoms with Gasteiger partial charge in [-0.3, -0.25) is 14.2 Å². The Labute approximate surface area is 73.6 Å². The van der Waals surface area contributed by atoms with Crippen LogP contribution in [0.5, 0.6) is 0 Å². The lowest BCUT2D eigenvalue weighted by molar-refractivity contribution is -0.137. The van der Waals surface area contributed by atoms with Crippen LogP contribution in [0.4, 0.5) is 5.82 Å². The molecule has 1 heterocycles. The summed E-state index contributed by atoms with van der Waals surface area (Å²) in [6, 6.07) is 0. The number of aryl methyl sites for hydroxylation is 1. The molecule has 6 nitrogen and oxygen atoms in total. The zero-order valence-corrected chi connectivity index (χ0v) is 7.02. The van der Waals surface area contributed by atoms with Crippen LogP contribution < -0.4 is 11.3 Å². The molecule has 1 aromatic heterocycles. The highest BCUT2D eigenvalue weighted by atomic mass is 16.4. The van der Waals surface area contributed by atoms with Crippen molar-refractivity contribution in [3.8, 4) is 0 Å². The summed E-state index contributed by atoms with van der Waals surface area (Å²) in [6.45, 7) is 1.20. The average molecular weight is 183 g/mol. The number of carboxylic acid groups (broad SMARTS) is 1. The topological polar surface area (TPSA) is 98.2 Å². The Morgan fingerprint density at radius 3 is 2.92 bits per heavy atom. The Morgan fingerprint density at radius 1 is 1.77 bits per heavy atom. The third-order valence-corrected chi connectivity index (χ3v) is 1.57. The van der Waals surface area contributed by atoms with Crippen LogP contribution in [0.15, 0.2) is 11.0 Å². The second-order valence-electron chi connectivity index (χ2n) is 2.57. The number of rotatable bonds is 2. The lowest BCUT2D eigenvalue weighted by Gasteiger charge is -2.05. The minimum absolute atomic E-state index is 0.188. The summed E-state index contributed by atoms with van der Waals surface area (Å²) >= 11 is 0. The highest BCUT2D eigenvalue weighted by Gasteiger charge is 2.07. The van der Waals surface area contributed by atoms with Crippen molar-refractivity contribution in [1.82, 2.24) is 9.55 Å². The van der Waals surface area contributed by atoms with Gasteiger partial charge in [-0.2, -0.15) is 0 Å². The summed E-state index contributed by atoms with van der Waals surface area (Å²) in [6.07, 6.45) is 1.36. The van der Waals surface area contributed by atoms with Crippen LogP contribution >= 0.6 is 0 Å². The molecule has 0 amide bonds. The summed E-state index contributed by atoms with van der Waals surface area (Å²) in [5.41, 5.74) is 5.13. The largest absolute Gasteiger partial charge is 0.480 e. The minimum atomic E-state index is -1.09. The molecule has 6 heteroatoms. The zero-order valence-electron chi connectivity index (χ0n) is 7.02. The van der Waals surface area contributed by atoms with Crippen LogP contribution in [0.2, 0.25) is 0 Å². The molecule has 1 rings (SSSR count). The smallest absolute Gasteiger partial charge is 0.323 e. The van der Waals surface area contributed by atoms with E-state index in [1.54, 1.807) is 6.92 Å². The second kappa shape index (κ2) is 3.26. The molecule has 0 aromatic carbocycles. The molecule has 0 saturated carbocycles. The van der Waals surface area contributed by atoms with Gasteiger partial charge in [0.15, 0.2) is 5.82 Å². The van der Waals surface area contributed by atoms with Gasteiger partial charge in [0.1, 0.15) is 6.54 Å². The molecule has 0 aliphatic heterocycles. The van der Waals surface area contributed by atoms with Gasteiger partial charge in [0, 0.05) is 11.9 Å². The molecule has 0 spiro atoms. The number of carboxylic acids is 1. The van der Waals surface area contributed by atoms with Gasteiger partial charge in [-0.05, 0) is 6.92 Å². The fraction of sp³-hybridized carbons (Fsp3) is 0.286. The van der Waals surface area contributed by atoms with E-state index >= 15 is 0 Å².